The average molecular weight is 708 g/mol. The number of anilines is 2. The van der Waals surface area contributed by atoms with Crippen LogP contribution >= 0.6 is 11.3 Å². The largest absolute Gasteiger partial charge is 0.478 e. The summed E-state index contributed by atoms with van der Waals surface area (Å²) in [6, 6.07) is 10.9. The number of aromatic nitrogens is 1. The number of rotatable bonds is 17. The summed E-state index contributed by atoms with van der Waals surface area (Å²) < 4.78 is 26.9. The number of carbonyl (C=O) groups is 4. The van der Waals surface area contributed by atoms with E-state index >= 15 is 0 Å². The van der Waals surface area contributed by atoms with Gasteiger partial charge in [-0.15, -0.1) is 0 Å². The maximum atomic E-state index is 14.7. The molecule has 3 aliphatic heterocycles. The number of fused-ring (bicyclic) bond motifs is 3. The number of piperidine rings is 1. The molecule has 0 radical (unpaired) electrons. The molecule has 3 fully saturated rings. The van der Waals surface area contributed by atoms with Crippen molar-refractivity contribution in [1.82, 2.24) is 15.6 Å². The van der Waals surface area contributed by atoms with E-state index in [2.05, 4.69) is 20.9 Å². The Bertz CT molecular complexity index is 1650. The highest BCUT2D eigenvalue weighted by molar-refractivity contribution is 7.22. The van der Waals surface area contributed by atoms with Crippen molar-refractivity contribution in [3.05, 3.63) is 47.8 Å². The summed E-state index contributed by atoms with van der Waals surface area (Å²) in [7, 11) is 0. The molecule has 3 aliphatic rings. The Hall–Kier alpha value is -4.10. The molecule has 13 heteroatoms. The number of nitrogens with zero attached hydrogens (tertiary/aromatic N) is 2. The topological polar surface area (TPSA) is 139 Å². The summed E-state index contributed by atoms with van der Waals surface area (Å²) in [5.74, 6) is -1.64. The van der Waals surface area contributed by atoms with Gasteiger partial charge in [0.2, 0.25) is 17.7 Å². The van der Waals surface area contributed by atoms with Gasteiger partial charge in [-0.05, 0) is 61.9 Å². The molecule has 3 atom stereocenters. The smallest absolute Gasteiger partial charge is 0.257 e. The Morgan fingerprint density at radius 2 is 1.62 bits per heavy atom. The van der Waals surface area contributed by atoms with E-state index in [1.165, 1.54) is 17.4 Å². The normalized spacial score (nSPS) is 20.2. The first-order valence-electron chi connectivity index (χ1n) is 17.9. The van der Waals surface area contributed by atoms with Crippen molar-refractivity contribution in [3.63, 3.8) is 0 Å². The highest BCUT2D eigenvalue weighted by atomic mass is 32.1. The first-order chi connectivity index (χ1) is 24.4. The third kappa shape index (κ3) is 9.16. The number of hydrogen-bond donors (Lipinski definition) is 3. The van der Waals surface area contributed by atoms with Gasteiger partial charge in [0.1, 0.15) is 5.52 Å². The monoisotopic (exact) mass is 707 g/mol. The van der Waals surface area contributed by atoms with Gasteiger partial charge < -0.3 is 25.0 Å². The summed E-state index contributed by atoms with van der Waals surface area (Å²) in [4.78, 5) is 55.3. The fraction of sp³-hybridized carbons (Fsp3) is 0.541. The molecule has 11 nitrogen and oxygen atoms in total. The number of ether oxygens (including phenoxy) is 2. The molecule has 3 aromatic rings. The van der Waals surface area contributed by atoms with Gasteiger partial charge in [0, 0.05) is 25.1 Å². The first-order valence-corrected chi connectivity index (χ1v) is 18.8. The van der Waals surface area contributed by atoms with Gasteiger partial charge >= 0.3 is 0 Å². The molecule has 0 spiro atoms. The summed E-state index contributed by atoms with van der Waals surface area (Å²) in [5, 5.41) is 9.02. The van der Waals surface area contributed by atoms with Crippen molar-refractivity contribution in [2.75, 3.05) is 36.6 Å². The lowest BCUT2D eigenvalue weighted by Gasteiger charge is -2.34. The fourth-order valence-electron chi connectivity index (χ4n) is 7.04. The highest BCUT2D eigenvalue weighted by Crippen LogP contribution is 2.41. The average Bonchev–Trinajstić information content (AvgIpc) is 3.63. The Morgan fingerprint density at radius 1 is 0.920 bits per heavy atom. The quantitative estimate of drug-likeness (QED) is 0.115. The second-order valence-corrected chi connectivity index (χ2v) is 14.4. The molecule has 2 bridgehead atoms. The molecular formula is C37H46FN5O6S. The minimum Gasteiger partial charge on any atom is -0.478 e. The van der Waals surface area contributed by atoms with Crippen LogP contribution < -0.4 is 25.6 Å². The van der Waals surface area contributed by atoms with Crippen LogP contribution in [0.3, 0.4) is 0 Å². The van der Waals surface area contributed by atoms with Gasteiger partial charge in [-0.2, -0.15) is 0 Å². The van der Waals surface area contributed by atoms with Crippen molar-refractivity contribution in [1.29, 1.82) is 0 Å². The van der Waals surface area contributed by atoms with Crippen LogP contribution in [-0.2, 0) is 23.9 Å². The van der Waals surface area contributed by atoms with Crippen molar-refractivity contribution in [2.24, 2.45) is 0 Å². The number of nitrogens with one attached hydrogen (secondary N) is 3. The number of amides is 4. The summed E-state index contributed by atoms with van der Waals surface area (Å²) in [6.07, 6.45) is 11.5. The van der Waals surface area contributed by atoms with E-state index in [4.69, 9.17) is 14.5 Å². The molecule has 1 unspecified atom stereocenters. The number of imide groups is 1. The maximum Gasteiger partial charge on any atom is 0.257 e. The third-order valence-corrected chi connectivity index (χ3v) is 10.8. The number of halogens is 1. The number of unbranched alkanes of at least 4 members (excludes halogenated alkanes) is 7. The first kappa shape index (κ1) is 35.7. The van der Waals surface area contributed by atoms with Crippen LogP contribution in [0.5, 0.6) is 5.75 Å². The predicted molar refractivity (Wildman–Crippen MR) is 190 cm³/mol. The zero-order chi connectivity index (χ0) is 34.9. The summed E-state index contributed by atoms with van der Waals surface area (Å²) in [5.41, 5.74) is 2.00. The van der Waals surface area contributed by atoms with Crippen molar-refractivity contribution < 1.29 is 33.0 Å². The van der Waals surface area contributed by atoms with Gasteiger partial charge in [-0.1, -0.05) is 62.0 Å². The third-order valence-electron chi connectivity index (χ3n) is 9.75. The number of morpholine rings is 1. The van der Waals surface area contributed by atoms with Crippen LogP contribution in [0.2, 0.25) is 0 Å². The van der Waals surface area contributed by atoms with Crippen molar-refractivity contribution in [2.45, 2.75) is 101 Å². The van der Waals surface area contributed by atoms with E-state index in [-0.39, 0.29) is 41.9 Å². The van der Waals surface area contributed by atoms with Crippen LogP contribution in [-0.4, -0.2) is 67.1 Å². The molecule has 0 aliphatic carbocycles. The van der Waals surface area contributed by atoms with Crippen LogP contribution in [0.1, 0.15) is 95.0 Å². The molecule has 50 heavy (non-hydrogen) atoms. The van der Waals surface area contributed by atoms with E-state index in [0.29, 0.717) is 62.3 Å². The van der Waals surface area contributed by atoms with Crippen LogP contribution in [0.25, 0.3) is 10.2 Å². The predicted octanol–water partition coefficient (Wildman–Crippen LogP) is 5.97. The number of hydrogen-bond acceptors (Lipinski definition) is 9. The van der Waals surface area contributed by atoms with Crippen LogP contribution in [0, 0.1) is 5.82 Å². The molecule has 0 saturated carbocycles. The standard InChI is InChI=1S/C37H46FN5O6S/c38-29-17-18-30-34(42-37(50-30)43-26-14-15-27(43)22-48-21-26)35(29)49-23-33(46)39-20-8-6-4-2-1-3-5-7-9-31(44)40-25-12-10-24(11-13-25)28-16-19-32(45)41-36(28)47/h10-13,17-18,26-28H,1-9,14-16,19-23H2,(H,39,46)(H,40,44)(H,41,45,47)/t26-,27+,28?. The van der Waals surface area contributed by atoms with Crippen LogP contribution in [0.15, 0.2) is 36.4 Å². The molecule has 4 heterocycles. The van der Waals surface area contributed by atoms with Gasteiger partial charge in [0.25, 0.3) is 5.91 Å². The van der Waals surface area contributed by atoms with E-state index < -0.39 is 5.82 Å². The fourth-order valence-corrected chi connectivity index (χ4v) is 8.15. The molecule has 4 amide bonds. The van der Waals surface area contributed by atoms with E-state index in [9.17, 15) is 23.6 Å². The Morgan fingerprint density at radius 3 is 2.34 bits per heavy atom. The zero-order valence-electron chi connectivity index (χ0n) is 28.3. The highest BCUT2D eigenvalue weighted by Gasteiger charge is 2.39. The van der Waals surface area contributed by atoms with E-state index in [1.807, 2.05) is 12.1 Å². The van der Waals surface area contributed by atoms with Crippen molar-refractivity contribution in [3.8, 4) is 5.75 Å². The van der Waals surface area contributed by atoms with Gasteiger partial charge in [-0.25, -0.2) is 9.37 Å². The van der Waals surface area contributed by atoms with Crippen LogP contribution in [0.4, 0.5) is 15.2 Å². The lowest BCUT2D eigenvalue weighted by molar-refractivity contribution is -0.134. The SMILES string of the molecule is O=C(COc1c(F)ccc2sc(N3[C@@H]4CC[C@H]3COC4)nc12)NCCCCCCCCCCC(=O)Nc1ccc(C2CCC(=O)NC2=O)cc1. The Kier molecular flexibility index (Phi) is 12.3. The maximum absolute atomic E-state index is 14.7. The molecule has 3 saturated heterocycles. The molecule has 1 aromatic heterocycles. The lowest BCUT2D eigenvalue weighted by atomic mass is 9.90. The molecule has 3 N–H and O–H groups in total. The summed E-state index contributed by atoms with van der Waals surface area (Å²) in [6.45, 7) is 1.65. The Balaban J connectivity index is 0.791. The minimum atomic E-state index is -0.522. The van der Waals surface area contributed by atoms with Gasteiger partial charge in [-0.3, -0.25) is 24.5 Å². The number of thiazole rings is 1. The molecule has 2 aromatic carbocycles. The minimum absolute atomic E-state index is 0.0269. The molecular weight excluding hydrogens is 662 g/mol. The van der Waals surface area contributed by atoms with E-state index in [0.717, 1.165) is 79.6 Å². The summed E-state index contributed by atoms with van der Waals surface area (Å²) >= 11 is 1.52. The second-order valence-electron chi connectivity index (χ2n) is 13.4. The van der Waals surface area contributed by atoms with Gasteiger partial charge in [0.05, 0.1) is 35.9 Å². The van der Waals surface area contributed by atoms with Gasteiger partial charge in [0.15, 0.2) is 23.3 Å². The zero-order valence-corrected chi connectivity index (χ0v) is 29.2. The second kappa shape index (κ2) is 17.2. The molecule has 6 rings (SSSR count). The van der Waals surface area contributed by atoms with Crippen molar-refractivity contribution >= 4 is 56.0 Å². The number of benzene rings is 2. The van der Waals surface area contributed by atoms with E-state index in [1.54, 1.807) is 18.2 Å². The Labute approximate surface area is 295 Å². The lowest BCUT2D eigenvalue weighted by Crippen LogP contribution is -2.45. The molecule has 268 valence electrons. The number of carbonyl (C=O) groups excluding carboxylic acids is 4.